The molecule has 1 heterocycles. The van der Waals surface area contributed by atoms with Crippen LogP contribution in [0.25, 0.3) is 0 Å². The van der Waals surface area contributed by atoms with Crippen molar-refractivity contribution < 1.29 is 23.1 Å². The summed E-state index contributed by atoms with van der Waals surface area (Å²) < 4.78 is 32.6. The molecule has 1 aromatic heterocycles. The molecule has 0 aliphatic rings. The van der Waals surface area contributed by atoms with Gasteiger partial charge in [-0.2, -0.15) is 0 Å². The van der Waals surface area contributed by atoms with Crippen molar-refractivity contribution in [2.24, 2.45) is 0 Å². The van der Waals surface area contributed by atoms with E-state index in [0.29, 0.717) is 24.7 Å². The first-order valence-corrected chi connectivity index (χ1v) is 10.5. The average Bonchev–Trinajstić information content (AvgIpc) is 2.68. The minimum absolute atomic E-state index is 0.0282. The van der Waals surface area contributed by atoms with Gasteiger partial charge in [0.05, 0.1) is 23.9 Å². The van der Waals surface area contributed by atoms with E-state index in [2.05, 4.69) is 9.71 Å². The van der Waals surface area contributed by atoms with Crippen LogP contribution in [0.4, 0.5) is 11.5 Å². The van der Waals surface area contributed by atoms with Gasteiger partial charge in [-0.25, -0.2) is 18.2 Å². The summed E-state index contributed by atoms with van der Waals surface area (Å²) in [5.74, 6) is -0.351. The number of ether oxygens (including phenoxy) is 1. The third-order valence-corrected chi connectivity index (χ3v) is 5.61. The number of hydrogen-bond donors (Lipinski definition) is 2. The molecule has 0 bridgehead atoms. The van der Waals surface area contributed by atoms with Crippen LogP contribution in [0, 0.1) is 0 Å². The van der Waals surface area contributed by atoms with E-state index in [1.165, 1.54) is 43.6 Å². The second kappa shape index (κ2) is 9.57. The number of anilines is 2. The van der Waals surface area contributed by atoms with Crippen molar-refractivity contribution in [2.45, 2.75) is 11.8 Å². The Hall–Kier alpha value is -2.85. The molecular weight excluding hydrogens is 396 g/mol. The molecule has 158 valence electrons. The molecular formula is C19H26N4O5S. The van der Waals surface area contributed by atoms with E-state index >= 15 is 0 Å². The molecule has 2 rings (SSSR count). The number of methoxy groups -OCH3 is 1. The molecule has 0 saturated heterocycles. The van der Waals surface area contributed by atoms with E-state index in [9.17, 15) is 18.3 Å². The number of benzene rings is 1. The van der Waals surface area contributed by atoms with E-state index in [1.54, 1.807) is 0 Å². The Bertz CT molecular complexity index is 946. The molecule has 0 fully saturated rings. The number of carboxylic acid groups (broad SMARTS) is 1. The monoisotopic (exact) mass is 422 g/mol. The number of pyridine rings is 1. The zero-order chi connectivity index (χ0) is 21.6. The number of nitrogens with zero attached hydrogens (tertiary/aromatic N) is 3. The van der Waals surface area contributed by atoms with Crippen molar-refractivity contribution in [2.75, 3.05) is 50.5 Å². The van der Waals surface area contributed by atoms with Crippen LogP contribution in [-0.4, -0.2) is 70.2 Å². The average molecular weight is 423 g/mol. The lowest BCUT2D eigenvalue weighted by Crippen LogP contribution is -2.33. The lowest BCUT2D eigenvalue weighted by atomic mass is 10.2. The van der Waals surface area contributed by atoms with Gasteiger partial charge >= 0.3 is 5.97 Å². The van der Waals surface area contributed by atoms with Gasteiger partial charge in [0.2, 0.25) is 0 Å². The molecule has 0 amide bonds. The van der Waals surface area contributed by atoms with E-state index in [0.717, 1.165) is 6.54 Å². The molecule has 10 heteroatoms. The fourth-order valence-electron chi connectivity index (χ4n) is 2.63. The topological polar surface area (TPSA) is 112 Å². The third kappa shape index (κ3) is 5.81. The quantitative estimate of drug-likeness (QED) is 0.598. The van der Waals surface area contributed by atoms with Crippen LogP contribution in [0.15, 0.2) is 41.4 Å². The summed E-state index contributed by atoms with van der Waals surface area (Å²) in [6, 6.07) is 7.15. The van der Waals surface area contributed by atoms with Crippen molar-refractivity contribution in [3.05, 3.63) is 42.1 Å². The number of nitrogens with one attached hydrogen (secondary N) is 1. The van der Waals surface area contributed by atoms with Crippen LogP contribution in [0.1, 0.15) is 17.3 Å². The van der Waals surface area contributed by atoms with Crippen LogP contribution in [0.3, 0.4) is 0 Å². The first-order valence-electron chi connectivity index (χ1n) is 8.97. The fourth-order valence-corrected chi connectivity index (χ4v) is 3.66. The molecule has 2 aromatic rings. The van der Waals surface area contributed by atoms with Crippen LogP contribution in [0.2, 0.25) is 0 Å². The zero-order valence-corrected chi connectivity index (χ0v) is 17.7. The Kier molecular flexibility index (Phi) is 7.40. The Morgan fingerprint density at radius 3 is 2.38 bits per heavy atom. The van der Waals surface area contributed by atoms with Gasteiger partial charge in [-0.05, 0) is 51.4 Å². The van der Waals surface area contributed by atoms with Gasteiger partial charge in [-0.1, -0.05) is 0 Å². The highest BCUT2D eigenvalue weighted by molar-refractivity contribution is 7.92. The third-order valence-electron chi connectivity index (χ3n) is 4.22. The Labute approximate surface area is 171 Å². The molecule has 0 saturated carbocycles. The van der Waals surface area contributed by atoms with Gasteiger partial charge < -0.3 is 19.6 Å². The molecule has 0 unspecified atom stereocenters. The molecule has 0 aliphatic heterocycles. The minimum Gasteiger partial charge on any atom is -0.497 e. The normalized spacial score (nSPS) is 11.3. The summed E-state index contributed by atoms with van der Waals surface area (Å²) in [7, 11) is 1.44. The largest absolute Gasteiger partial charge is 0.497 e. The van der Waals surface area contributed by atoms with Crippen molar-refractivity contribution in [3.8, 4) is 5.75 Å². The van der Waals surface area contributed by atoms with E-state index in [4.69, 9.17) is 4.74 Å². The summed E-state index contributed by atoms with van der Waals surface area (Å²) in [5.41, 5.74) is 0.00571. The second-order valence-electron chi connectivity index (χ2n) is 6.56. The maximum absolute atomic E-state index is 12.6. The summed E-state index contributed by atoms with van der Waals surface area (Å²) in [6.45, 7) is 3.79. The number of likely N-dealkylation sites (N-methyl/N-ethyl adjacent to an activating group) is 2. The predicted molar refractivity (Wildman–Crippen MR) is 111 cm³/mol. The number of carboxylic acids is 1. The van der Waals surface area contributed by atoms with Crippen molar-refractivity contribution in [3.63, 3.8) is 0 Å². The zero-order valence-electron chi connectivity index (χ0n) is 16.9. The number of carbonyl (C=O) groups is 1. The highest BCUT2D eigenvalue weighted by Crippen LogP contribution is 2.24. The van der Waals surface area contributed by atoms with Crippen molar-refractivity contribution in [1.29, 1.82) is 0 Å². The van der Waals surface area contributed by atoms with E-state index in [-0.39, 0.29) is 16.1 Å². The summed E-state index contributed by atoms with van der Waals surface area (Å²) >= 11 is 0. The molecule has 2 N–H and O–H groups in total. The molecule has 0 aliphatic carbocycles. The number of aromatic carboxylic acids is 1. The first kappa shape index (κ1) is 22.4. The molecule has 0 atom stereocenters. The number of aromatic nitrogens is 1. The van der Waals surface area contributed by atoms with Crippen LogP contribution in [0.5, 0.6) is 5.75 Å². The van der Waals surface area contributed by atoms with Crippen molar-refractivity contribution in [1.82, 2.24) is 9.88 Å². The SMILES string of the molecule is CCN(CCN(C)C)c1ncc(NS(=O)(=O)c2ccc(OC)cc2)cc1C(=O)O. The highest BCUT2D eigenvalue weighted by atomic mass is 32.2. The standard InChI is InChI=1S/C19H26N4O5S/c1-5-23(11-10-22(2)3)18-17(19(24)25)12-14(13-20-18)21-29(26,27)16-8-6-15(28-4)7-9-16/h6-9,12-13,21H,5,10-11H2,1-4H3,(H,24,25). The molecule has 0 spiro atoms. The lowest BCUT2D eigenvalue weighted by molar-refractivity contribution is 0.0697. The Morgan fingerprint density at radius 2 is 1.86 bits per heavy atom. The number of rotatable bonds is 10. The van der Waals surface area contributed by atoms with E-state index < -0.39 is 16.0 Å². The predicted octanol–water partition coefficient (Wildman–Crippen LogP) is 1.98. The molecule has 29 heavy (non-hydrogen) atoms. The fraction of sp³-hybridized carbons (Fsp3) is 0.368. The van der Waals surface area contributed by atoms with Gasteiger partial charge in [-0.15, -0.1) is 0 Å². The Morgan fingerprint density at radius 1 is 1.21 bits per heavy atom. The lowest BCUT2D eigenvalue weighted by Gasteiger charge is -2.25. The Balaban J connectivity index is 2.32. The van der Waals surface area contributed by atoms with Gasteiger partial charge in [0, 0.05) is 19.6 Å². The summed E-state index contributed by atoms with van der Waals surface area (Å²) in [6.07, 6.45) is 1.32. The maximum Gasteiger partial charge on any atom is 0.339 e. The first-order chi connectivity index (χ1) is 13.7. The number of sulfonamides is 1. The summed E-state index contributed by atoms with van der Waals surface area (Å²) in [5, 5.41) is 9.62. The molecule has 9 nitrogen and oxygen atoms in total. The van der Waals surface area contributed by atoms with Gasteiger partial charge in [0.25, 0.3) is 10.0 Å². The van der Waals surface area contributed by atoms with Gasteiger partial charge in [0.15, 0.2) is 0 Å². The second-order valence-corrected chi connectivity index (χ2v) is 8.25. The van der Waals surface area contributed by atoms with Crippen LogP contribution in [-0.2, 0) is 10.0 Å². The molecule has 0 radical (unpaired) electrons. The highest BCUT2D eigenvalue weighted by Gasteiger charge is 2.20. The van der Waals surface area contributed by atoms with Crippen LogP contribution >= 0.6 is 0 Å². The maximum atomic E-state index is 12.6. The van der Waals surface area contributed by atoms with Crippen molar-refractivity contribution >= 4 is 27.5 Å². The minimum atomic E-state index is -3.90. The summed E-state index contributed by atoms with van der Waals surface area (Å²) in [4.78, 5) is 19.9. The molecule has 1 aromatic carbocycles. The van der Waals surface area contributed by atoms with Gasteiger partial charge in [-0.3, -0.25) is 4.72 Å². The van der Waals surface area contributed by atoms with Gasteiger partial charge in [0.1, 0.15) is 17.1 Å². The van der Waals surface area contributed by atoms with Crippen LogP contribution < -0.4 is 14.4 Å². The number of hydrogen-bond acceptors (Lipinski definition) is 7. The smallest absolute Gasteiger partial charge is 0.339 e. The van der Waals surface area contributed by atoms with E-state index in [1.807, 2.05) is 30.8 Å².